The van der Waals surface area contributed by atoms with Gasteiger partial charge in [0, 0.05) is 53.1 Å². The van der Waals surface area contributed by atoms with E-state index in [-0.39, 0.29) is 0 Å². The van der Waals surface area contributed by atoms with E-state index in [0.717, 1.165) is 32.5 Å². The van der Waals surface area contributed by atoms with Gasteiger partial charge in [0.15, 0.2) is 0 Å². The molecular formula is C29H39N3. The normalized spacial score (nSPS) is 14.1. The zero-order valence-electron chi connectivity index (χ0n) is 21.0. The number of hydrogen-bond donors (Lipinski definition) is 0. The number of fused-ring (bicyclic) bond motifs is 3. The van der Waals surface area contributed by atoms with Gasteiger partial charge in [0.05, 0.1) is 17.1 Å². The zero-order chi connectivity index (χ0) is 23.0. The standard InChI is InChI=1S/C29H39N3/c1-8-20-17-14-18-22-19-23-26(24(20)22)25(21-15-12-13-16-21)28(31(6)10-3)29(32(7)11-4)27(23)30(5)9-2/h12-18,21H,8-11,19H2,1-7H3. The van der Waals surface area contributed by atoms with E-state index in [9.17, 15) is 0 Å². The van der Waals surface area contributed by atoms with Crippen molar-refractivity contribution in [2.75, 3.05) is 55.5 Å². The van der Waals surface area contributed by atoms with Crippen molar-refractivity contribution in [1.82, 2.24) is 0 Å². The van der Waals surface area contributed by atoms with Crippen LogP contribution in [0.5, 0.6) is 0 Å². The Hall–Kier alpha value is -2.68. The van der Waals surface area contributed by atoms with Gasteiger partial charge in [-0.15, -0.1) is 0 Å². The molecule has 2 aromatic carbocycles. The molecule has 0 bridgehead atoms. The summed E-state index contributed by atoms with van der Waals surface area (Å²) < 4.78 is 0. The van der Waals surface area contributed by atoms with E-state index in [1.807, 2.05) is 0 Å². The Bertz CT molecular complexity index is 1050. The number of hydrogen-bond acceptors (Lipinski definition) is 3. The van der Waals surface area contributed by atoms with Crippen molar-refractivity contribution < 1.29 is 0 Å². The van der Waals surface area contributed by atoms with Crippen LogP contribution in [0.3, 0.4) is 0 Å². The van der Waals surface area contributed by atoms with E-state index in [1.54, 1.807) is 0 Å². The van der Waals surface area contributed by atoms with Crippen molar-refractivity contribution in [1.29, 1.82) is 0 Å². The van der Waals surface area contributed by atoms with Crippen LogP contribution >= 0.6 is 0 Å². The Labute approximate surface area is 195 Å². The predicted molar refractivity (Wildman–Crippen MR) is 142 cm³/mol. The largest absolute Gasteiger partial charge is 0.373 e. The van der Waals surface area contributed by atoms with Crippen LogP contribution in [0.1, 0.15) is 55.9 Å². The van der Waals surface area contributed by atoms with E-state index in [2.05, 4.69) is 106 Å². The van der Waals surface area contributed by atoms with Crippen molar-refractivity contribution in [2.24, 2.45) is 0 Å². The second-order valence-electron chi connectivity index (χ2n) is 9.13. The number of nitrogens with zero attached hydrogens (tertiary/aromatic N) is 3. The molecule has 0 atom stereocenters. The van der Waals surface area contributed by atoms with Crippen LogP contribution in [-0.2, 0) is 12.8 Å². The first kappa shape index (κ1) is 22.5. The summed E-state index contributed by atoms with van der Waals surface area (Å²) in [5.41, 5.74) is 13.1. The third-order valence-electron chi connectivity index (χ3n) is 7.45. The van der Waals surface area contributed by atoms with Crippen LogP contribution < -0.4 is 14.7 Å². The van der Waals surface area contributed by atoms with Gasteiger partial charge in [-0.25, -0.2) is 0 Å². The number of rotatable bonds is 8. The first-order valence-electron chi connectivity index (χ1n) is 12.3. The molecule has 0 amide bonds. The van der Waals surface area contributed by atoms with Crippen molar-refractivity contribution in [3.63, 3.8) is 0 Å². The molecule has 0 spiro atoms. The van der Waals surface area contributed by atoms with Gasteiger partial charge in [0.1, 0.15) is 0 Å². The Kier molecular flexibility index (Phi) is 6.37. The second kappa shape index (κ2) is 9.05. The van der Waals surface area contributed by atoms with Gasteiger partial charge >= 0.3 is 0 Å². The van der Waals surface area contributed by atoms with Gasteiger partial charge in [-0.3, -0.25) is 0 Å². The van der Waals surface area contributed by atoms with Crippen LogP contribution in [0, 0.1) is 0 Å². The summed E-state index contributed by atoms with van der Waals surface area (Å²) >= 11 is 0. The molecule has 0 saturated carbocycles. The van der Waals surface area contributed by atoms with Crippen molar-refractivity contribution >= 4 is 17.1 Å². The molecule has 0 N–H and O–H groups in total. The molecule has 3 nitrogen and oxygen atoms in total. The highest BCUT2D eigenvalue weighted by atomic mass is 15.2. The quantitative estimate of drug-likeness (QED) is 0.410. The Morgan fingerprint density at radius 1 is 0.750 bits per heavy atom. The molecule has 170 valence electrons. The summed E-state index contributed by atoms with van der Waals surface area (Å²) in [6.45, 7) is 12.0. The summed E-state index contributed by atoms with van der Waals surface area (Å²) in [6.07, 6.45) is 11.2. The molecule has 32 heavy (non-hydrogen) atoms. The first-order valence-corrected chi connectivity index (χ1v) is 12.3. The fraction of sp³-hybridized carbons (Fsp3) is 0.448. The topological polar surface area (TPSA) is 9.72 Å². The zero-order valence-corrected chi connectivity index (χ0v) is 21.0. The van der Waals surface area contributed by atoms with Gasteiger partial charge in [0.25, 0.3) is 0 Å². The highest BCUT2D eigenvalue weighted by Gasteiger charge is 2.36. The third-order valence-corrected chi connectivity index (χ3v) is 7.45. The third kappa shape index (κ3) is 3.43. The molecule has 0 unspecified atom stereocenters. The fourth-order valence-corrected chi connectivity index (χ4v) is 5.43. The second-order valence-corrected chi connectivity index (χ2v) is 9.13. The molecule has 3 heteroatoms. The lowest BCUT2D eigenvalue weighted by atomic mass is 9.84. The highest BCUT2D eigenvalue weighted by molar-refractivity contribution is 6.00. The van der Waals surface area contributed by atoms with Crippen LogP contribution in [-0.4, -0.2) is 40.8 Å². The maximum atomic E-state index is 2.47. The molecule has 2 aromatic rings. The number of anilines is 3. The summed E-state index contributed by atoms with van der Waals surface area (Å²) in [6, 6.07) is 6.93. The maximum absolute atomic E-state index is 2.47. The molecule has 0 fully saturated rings. The van der Waals surface area contributed by atoms with Crippen LogP contribution in [0.4, 0.5) is 17.1 Å². The Balaban J connectivity index is 2.21. The van der Waals surface area contributed by atoms with Crippen molar-refractivity contribution in [3.8, 4) is 11.1 Å². The number of aryl methyl sites for hydroxylation is 1. The SMILES string of the molecule is CCc1cccc2c1-c1c(c(N(C)CC)c(N(C)CC)c(N(C)CC)c1C1C=CC=C1)C2. The van der Waals surface area contributed by atoms with Crippen LogP contribution in [0.15, 0.2) is 42.5 Å². The summed E-state index contributed by atoms with van der Waals surface area (Å²) in [4.78, 5) is 7.39. The van der Waals surface area contributed by atoms with Crippen molar-refractivity contribution in [3.05, 3.63) is 64.8 Å². The number of allylic oxidation sites excluding steroid dienone is 4. The molecule has 2 aliphatic carbocycles. The smallest absolute Gasteiger partial charge is 0.0845 e. The van der Waals surface area contributed by atoms with Crippen LogP contribution in [0.25, 0.3) is 11.1 Å². The lowest BCUT2D eigenvalue weighted by Crippen LogP contribution is -2.29. The van der Waals surface area contributed by atoms with E-state index in [4.69, 9.17) is 0 Å². The first-order chi connectivity index (χ1) is 15.5. The van der Waals surface area contributed by atoms with Gasteiger partial charge < -0.3 is 14.7 Å². The minimum Gasteiger partial charge on any atom is -0.373 e. The Morgan fingerprint density at radius 3 is 1.94 bits per heavy atom. The van der Waals surface area contributed by atoms with Crippen molar-refractivity contribution in [2.45, 2.75) is 46.5 Å². The molecule has 0 radical (unpaired) electrons. The molecule has 4 rings (SSSR count). The average Bonchev–Trinajstić information content (AvgIpc) is 3.49. The van der Waals surface area contributed by atoms with Gasteiger partial charge in [-0.05, 0) is 60.6 Å². The molecule has 0 heterocycles. The van der Waals surface area contributed by atoms with E-state index >= 15 is 0 Å². The molecule has 2 aliphatic rings. The summed E-state index contributed by atoms with van der Waals surface area (Å²) in [7, 11) is 6.78. The summed E-state index contributed by atoms with van der Waals surface area (Å²) in [5, 5.41) is 0. The monoisotopic (exact) mass is 429 g/mol. The molecule has 0 saturated heterocycles. The summed E-state index contributed by atoms with van der Waals surface area (Å²) in [5.74, 6) is 0.314. The lowest BCUT2D eigenvalue weighted by Gasteiger charge is -2.37. The fourth-order valence-electron chi connectivity index (χ4n) is 5.43. The van der Waals surface area contributed by atoms with Gasteiger partial charge in [-0.2, -0.15) is 0 Å². The minimum atomic E-state index is 0.314. The van der Waals surface area contributed by atoms with Gasteiger partial charge in [0.2, 0.25) is 0 Å². The van der Waals surface area contributed by atoms with E-state index in [0.29, 0.717) is 5.92 Å². The van der Waals surface area contributed by atoms with E-state index in [1.165, 1.54) is 50.4 Å². The van der Waals surface area contributed by atoms with Crippen LogP contribution in [0.2, 0.25) is 0 Å². The average molecular weight is 430 g/mol. The molecular weight excluding hydrogens is 390 g/mol. The Morgan fingerprint density at radius 2 is 1.34 bits per heavy atom. The highest BCUT2D eigenvalue weighted by Crippen LogP contribution is 2.56. The van der Waals surface area contributed by atoms with E-state index < -0.39 is 0 Å². The maximum Gasteiger partial charge on any atom is 0.0845 e. The number of benzene rings is 2. The van der Waals surface area contributed by atoms with Gasteiger partial charge in [-0.1, -0.05) is 49.4 Å². The minimum absolute atomic E-state index is 0.314. The predicted octanol–water partition coefficient (Wildman–Crippen LogP) is 6.40. The molecule has 0 aliphatic heterocycles. The molecule has 0 aromatic heterocycles. The lowest BCUT2D eigenvalue weighted by molar-refractivity contribution is 0.890.